The van der Waals surface area contributed by atoms with Crippen molar-refractivity contribution in [1.29, 1.82) is 0 Å². The molecule has 2 amide bonds. The molecule has 96 valence electrons. The molecular formula is C13H15FN2O2. The number of hydrogen-bond acceptors (Lipinski definition) is 2. The van der Waals surface area contributed by atoms with E-state index in [4.69, 9.17) is 0 Å². The highest BCUT2D eigenvalue weighted by Crippen LogP contribution is 2.08. The van der Waals surface area contributed by atoms with Gasteiger partial charge in [0.1, 0.15) is 5.82 Å². The minimum atomic E-state index is -0.425. The minimum absolute atomic E-state index is 0.0836. The molecule has 0 saturated heterocycles. The molecule has 1 aromatic carbocycles. The van der Waals surface area contributed by atoms with Crippen LogP contribution in [0.5, 0.6) is 0 Å². The maximum absolute atomic E-state index is 12.9. The van der Waals surface area contributed by atoms with Crippen molar-refractivity contribution < 1.29 is 14.0 Å². The van der Waals surface area contributed by atoms with Crippen LogP contribution in [-0.2, 0) is 9.59 Å². The van der Waals surface area contributed by atoms with Crippen molar-refractivity contribution in [1.82, 2.24) is 4.90 Å². The molecule has 1 N–H and O–H groups in total. The summed E-state index contributed by atoms with van der Waals surface area (Å²) in [6.07, 6.45) is 2.97. The molecule has 0 fully saturated rings. The number of benzene rings is 1. The third kappa shape index (κ3) is 4.37. The summed E-state index contributed by atoms with van der Waals surface area (Å²) in [5, 5.41) is 2.51. The first-order chi connectivity index (χ1) is 8.52. The van der Waals surface area contributed by atoms with E-state index in [1.54, 1.807) is 19.1 Å². The number of anilines is 1. The fourth-order valence-corrected chi connectivity index (χ4v) is 1.33. The Balaban J connectivity index is 2.54. The van der Waals surface area contributed by atoms with Crippen molar-refractivity contribution in [2.45, 2.75) is 6.92 Å². The Morgan fingerprint density at radius 3 is 2.78 bits per heavy atom. The van der Waals surface area contributed by atoms with E-state index in [1.165, 1.54) is 36.2 Å². The normalized spacial score (nSPS) is 10.4. The highest BCUT2D eigenvalue weighted by molar-refractivity contribution is 5.96. The van der Waals surface area contributed by atoms with Crippen LogP contribution in [0.25, 0.3) is 0 Å². The van der Waals surface area contributed by atoms with Gasteiger partial charge >= 0.3 is 0 Å². The zero-order chi connectivity index (χ0) is 13.5. The molecule has 0 radical (unpaired) electrons. The zero-order valence-electron chi connectivity index (χ0n) is 10.3. The maximum atomic E-state index is 12.9. The summed E-state index contributed by atoms with van der Waals surface area (Å²) in [4.78, 5) is 24.2. The average Bonchev–Trinajstić information content (AvgIpc) is 2.28. The Bertz CT molecular complexity index is 472. The Hall–Kier alpha value is -2.17. The second kappa shape index (κ2) is 6.54. The van der Waals surface area contributed by atoms with E-state index in [0.717, 1.165) is 0 Å². The molecule has 0 aliphatic carbocycles. The molecular weight excluding hydrogens is 235 g/mol. The predicted molar refractivity (Wildman–Crippen MR) is 67.5 cm³/mol. The first-order valence-corrected chi connectivity index (χ1v) is 5.46. The summed E-state index contributed by atoms with van der Waals surface area (Å²) in [5.74, 6) is -1.06. The fourth-order valence-electron chi connectivity index (χ4n) is 1.33. The van der Waals surface area contributed by atoms with Gasteiger partial charge < -0.3 is 10.2 Å². The van der Waals surface area contributed by atoms with Gasteiger partial charge in [0.25, 0.3) is 0 Å². The molecule has 0 bridgehead atoms. The van der Waals surface area contributed by atoms with Gasteiger partial charge in [-0.2, -0.15) is 0 Å². The smallest absolute Gasteiger partial charge is 0.246 e. The summed E-state index contributed by atoms with van der Waals surface area (Å²) in [6.45, 7) is 1.64. The van der Waals surface area contributed by atoms with Crippen LogP contribution in [0.15, 0.2) is 36.4 Å². The average molecular weight is 250 g/mol. The van der Waals surface area contributed by atoms with Crippen molar-refractivity contribution in [3.8, 4) is 0 Å². The SMILES string of the molecule is C/C=C/C(=O)N(C)CC(=O)Nc1cccc(F)c1. The van der Waals surface area contributed by atoms with Crippen LogP contribution in [0, 0.1) is 5.82 Å². The van der Waals surface area contributed by atoms with Crippen LogP contribution < -0.4 is 5.32 Å². The first kappa shape index (κ1) is 13.9. The molecule has 0 aliphatic rings. The van der Waals surface area contributed by atoms with Gasteiger partial charge in [-0.1, -0.05) is 12.1 Å². The standard InChI is InChI=1S/C13H15FN2O2/c1-3-5-13(18)16(2)9-12(17)15-11-7-4-6-10(14)8-11/h3-8H,9H2,1-2H3,(H,15,17)/b5-3+. The van der Waals surface area contributed by atoms with Crippen molar-refractivity contribution in [2.75, 3.05) is 18.9 Å². The fraction of sp³-hybridized carbons (Fsp3) is 0.231. The number of carbonyl (C=O) groups is 2. The van der Waals surface area contributed by atoms with Crippen LogP contribution >= 0.6 is 0 Å². The van der Waals surface area contributed by atoms with Crippen LogP contribution in [0.2, 0.25) is 0 Å². The molecule has 0 spiro atoms. The van der Waals surface area contributed by atoms with Crippen molar-refractivity contribution in [3.05, 3.63) is 42.2 Å². The van der Waals surface area contributed by atoms with Gasteiger partial charge in [0.2, 0.25) is 11.8 Å². The van der Waals surface area contributed by atoms with Gasteiger partial charge in [-0.05, 0) is 31.2 Å². The molecule has 5 heteroatoms. The summed E-state index contributed by atoms with van der Waals surface area (Å²) in [6, 6.07) is 5.58. The van der Waals surface area contributed by atoms with Crippen LogP contribution in [-0.4, -0.2) is 30.3 Å². The van der Waals surface area contributed by atoms with Gasteiger partial charge in [-0.25, -0.2) is 4.39 Å². The lowest BCUT2D eigenvalue weighted by atomic mass is 10.3. The Labute approximate surface area is 105 Å². The first-order valence-electron chi connectivity index (χ1n) is 5.46. The molecule has 0 aliphatic heterocycles. The van der Waals surface area contributed by atoms with E-state index < -0.39 is 5.82 Å². The number of carbonyl (C=O) groups excluding carboxylic acids is 2. The van der Waals surface area contributed by atoms with Crippen molar-refractivity contribution >= 4 is 17.5 Å². The number of rotatable bonds is 4. The molecule has 0 saturated carbocycles. The van der Waals surface area contributed by atoms with E-state index in [0.29, 0.717) is 5.69 Å². The number of likely N-dealkylation sites (N-methyl/N-ethyl adjacent to an activating group) is 1. The number of allylic oxidation sites excluding steroid dienone is 1. The molecule has 1 aromatic rings. The summed E-state index contributed by atoms with van der Waals surface area (Å²) >= 11 is 0. The van der Waals surface area contributed by atoms with E-state index in [9.17, 15) is 14.0 Å². The predicted octanol–water partition coefficient (Wildman–Crippen LogP) is 1.80. The molecule has 1 rings (SSSR count). The summed E-state index contributed by atoms with van der Waals surface area (Å²) in [5.41, 5.74) is 0.367. The van der Waals surface area contributed by atoms with E-state index in [-0.39, 0.29) is 18.4 Å². The van der Waals surface area contributed by atoms with E-state index in [2.05, 4.69) is 5.32 Å². The number of hydrogen-bond donors (Lipinski definition) is 1. The lowest BCUT2D eigenvalue weighted by molar-refractivity contribution is -0.129. The van der Waals surface area contributed by atoms with Gasteiger partial charge in [0.15, 0.2) is 0 Å². The Morgan fingerprint density at radius 1 is 1.44 bits per heavy atom. The summed E-state index contributed by atoms with van der Waals surface area (Å²) < 4.78 is 12.9. The number of halogens is 1. The van der Waals surface area contributed by atoms with E-state index in [1.807, 2.05) is 0 Å². The maximum Gasteiger partial charge on any atom is 0.246 e. The van der Waals surface area contributed by atoms with Crippen LogP contribution in [0.4, 0.5) is 10.1 Å². The third-order valence-corrected chi connectivity index (χ3v) is 2.17. The van der Waals surface area contributed by atoms with E-state index >= 15 is 0 Å². The monoisotopic (exact) mass is 250 g/mol. The second-order valence-electron chi connectivity index (χ2n) is 3.75. The molecule has 0 unspecified atom stereocenters. The summed E-state index contributed by atoms with van der Waals surface area (Å²) in [7, 11) is 1.52. The quantitative estimate of drug-likeness (QED) is 0.828. The highest BCUT2D eigenvalue weighted by atomic mass is 19.1. The topological polar surface area (TPSA) is 49.4 Å². The molecule has 18 heavy (non-hydrogen) atoms. The van der Waals surface area contributed by atoms with Gasteiger partial charge in [0.05, 0.1) is 6.54 Å². The molecule has 0 heterocycles. The zero-order valence-corrected chi connectivity index (χ0v) is 10.3. The van der Waals surface area contributed by atoms with Crippen molar-refractivity contribution in [2.24, 2.45) is 0 Å². The van der Waals surface area contributed by atoms with Crippen molar-refractivity contribution in [3.63, 3.8) is 0 Å². The van der Waals surface area contributed by atoms with Crippen LogP contribution in [0.1, 0.15) is 6.92 Å². The lowest BCUT2D eigenvalue weighted by Crippen LogP contribution is -2.33. The Morgan fingerprint density at radius 2 is 2.17 bits per heavy atom. The minimum Gasteiger partial charge on any atom is -0.333 e. The second-order valence-corrected chi connectivity index (χ2v) is 3.75. The lowest BCUT2D eigenvalue weighted by Gasteiger charge is -2.14. The van der Waals surface area contributed by atoms with Gasteiger partial charge in [0, 0.05) is 12.7 Å². The molecule has 4 nitrogen and oxygen atoms in total. The highest BCUT2D eigenvalue weighted by Gasteiger charge is 2.10. The van der Waals surface area contributed by atoms with Gasteiger partial charge in [-0.3, -0.25) is 9.59 Å². The van der Waals surface area contributed by atoms with Gasteiger partial charge in [-0.15, -0.1) is 0 Å². The number of amides is 2. The molecule has 0 aromatic heterocycles. The number of nitrogens with zero attached hydrogens (tertiary/aromatic N) is 1. The third-order valence-electron chi connectivity index (χ3n) is 2.17. The Kier molecular flexibility index (Phi) is 5.05. The largest absolute Gasteiger partial charge is 0.333 e. The molecule has 0 atom stereocenters. The van der Waals surface area contributed by atoms with Crippen LogP contribution in [0.3, 0.4) is 0 Å². The number of nitrogens with one attached hydrogen (secondary N) is 1.